The fraction of sp³-hybridized carbons (Fsp3) is 0.833. The molecule has 0 spiro atoms. The Morgan fingerprint density at radius 3 is 2.67 bits per heavy atom. The number of rotatable bonds is 2. The van der Waals surface area contributed by atoms with Gasteiger partial charge in [-0.25, -0.2) is 5.84 Å². The summed E-state index contributed by atoms with van der Waals surface area (Å²) in [7, 11) is 0. The van der Waals surface area contributed by atoms with Gasteiger partial charge in [0.05, 0.1) is 19.8 Å². The highest BCUT2D eigenvalue weighted by atomic mass is 32.1. The first kappa shape index (κ1) is 9.66. The zero-order valence-electron chi connectivity index (χ0n) is 6.92. The van der Waals surface area contributed by atoms with Crippen molar-refractivity contribution in [2.75, 3.05) is 19.8 Å². The third kappa shape index (κ3) is 2.56. The number of thiocarbonyl (C=S) groups is 1. The van der Waals surface area contributed by atoms with E-state index >= 15 is 0 Å². The molecule has 0 amide bonds. The van der Waals surface area contributed by atoms with Gasteiger partial charge in [-0.3, -0.25) is 0 Å². The summed E-state index contributed by atoms with van der Waals surface area (Å²) in [6.45, 7) is 3.60. The Hall–Kier alpha value is -0.430. The summed E-state index contributed by atoms with van der Waals surface area (Å²) in [5.41, 5.74) is 2.32. The van der Waals surface area contributed by atoms with Crippen LogP contribution in [0.3, 0.4) is 0 Å². The lowest BCUT2D eigenvalue weighted by Crippen LogP contribution is -2.47. The average Bonchev–Trinajstić information content (AvgIpc) is 2.49. The van der Waals surface area contributed by atoms with E-state index in [0.717, 1.165) is 0 Å². The molecule has 1 heterocycles. The van der Waals surface area contributed by atoms with Gasteiger partial charge < -0.3 is 20.2 Å². The molecule has 1 fully saturated rings. The first-order chi connectivity index (χ1) is 5.66. The van der Waals surface area contributed by atoms with Crippen LogP contribution in [0.25, 0.3) is 0 Å². The Morgan fingerprint density at radius 2 is 2.17 bits per heavy atom. The highest BCUT2D eigenvalue weighted by Crippen LogP contribution is 2.16. The number of nitrogens with two attached hydrogens (primary N) is 1. The van der Waals surface area contributed by atoms with Crippen LogP contribution in [0.15, 0.2) is 0 Å². The fourth-order valence-corrected chi connectivity index (χ4v) is 1.02. The van der Waals surface area contributed by atoms with E-state index in [2.05, 4.69) is 10.7 Å². The van der Waals surface area contributed by atoms with E-state index in [0.29, 0.717) is 24.9 Å². The van der Waals surface area contributed by atoms with Gasteiger partial charge in [0.1, 0.15) is 0 Å². The topological polar surface area (TPSA) is 68.5 Å². The maximum Gasteiger partial charge on any atom is 0.183 e. The predicted octanol–water partition coefficient (Wildman–Crippen LogP) is -0.913. The van der Waals surface area contributed by atoms with Crippen molar-refractivity contribution in [1.82, 2.24) is 10.7 Å². The quantitative estimate of drug-likeness (QED) is 0.298. The Labute approximate surface area is 76.6 Å². The predicted molar refractivity (Wildman–Crippen MR) is 48.2 cm³/mol. The van der Waals surface area contributed by atoms with Crippen molar-refractivity contribution in [2.24, 2.45) is 5.84 Å². The van der Waals surface area contributed by atoms with Crippen molar-refractivity contribution >= 4 is 17.3 Å². The minimum Gasteiger partial charge on any atom is -0.356 e. The van der Waals surface area contributed by atoms with Crippen LogP contribution in [-0.4, -0.2) is 30.7 Å². The molecule has 12 heavy (non-hydrogen) atoms. The molecule has 4 N–H and O–H groups in total. The molecule has 5 nitrogen and oxygen atoms in total. The average molecular weight is 191 g/mol. The van der Waals surface area contributed by atoms with Gasteiger partial charge >= 0.3 is 0 Å². The van der Waals surface area contributed by atoms with Crippen molar-refractivity contribution in [1.29, 1.82) is 0 Å². The van der Waals surface area contributed by atoms with Crippen LogP contribution >= 0.6 is 12.2 Å². The van der Waals surface area contributed by atoms with E-state index in [4.69, 9.17) is 27.5 Å². The van der Waals surface area contributed by atoms with Crippen LogP contribution in [0.4, 0.5) is 0 Å². The number of hydrogen-bond donors (Lipinski definition) is 3. The van der Waals surface area contributed by atoms with Gasteiger partial charge in [-0.1, -0.05) is 0 Å². The van der Waals surface area contributed by atoms with Gasteiger partial charge in [0.25, 0.3) is 0 Å². The fourth-order valence-electron chi connectivity index (χ4n) is 0.951. The van der Waals surface area contributed by atoms with E-state index in [9.17, 15) is 0 Å². The lowest BCUT2D eigenvalue weighted by Gasteiger charge is -2.22. The molecule has 1 aliphatic rings. The van der Waals surface area contributed by atoms with Crippen molar-refractivity contribution in [3.05, 3.63) is 0 Å². The van der Waals surface area contributed by atoms with Crippen LogP contribution in [-0.2, 0) is 9.47 Å². The van der Waals surface area contributed by atoms with Crippen molar-refractivity contribution in [3.63, 3.8) is 0 Å². The van der Waals surface area contributed by atoms with Gasteiger partial charge in [0.2, 0.25) is 0 Å². The molecule has 0 aliphatic carbocycles. The van der Waals surface area contributed by atoms with Crippen LogP contribution in [0.5, 0.6) is 0 Å². The second-order valence-electron chi connectivity index (χ2n) is 2.66. The zero-order valence-corrected chi connectivity index (χ0v) is 7.74. The molecule has 1 saturated heterocycles. The van der Waals surface area contributed by atoms with E-state index < -0.39 is 5.79 Å². The van der Waals surface area contributed by atoms with E-state index in [1.165, 1.54) is 0 Å². The van der Waals surface area contributed by atoms with Crippen LogP contribution in [0.1, 0.15) is 6.92 Å². The normalized spacial score (nSPS) is 20.5. The third-order valence-electron chi connectivity index (χ3n) is 1.60. The summed E-state index contributed by atoms with van der Waals surface area (Å²) >= 11 is 4.78. The number of hydrogen-bond acceptors (Lipinski definition) is 4. The van der Waals surface area contributed by atoms with Crippen LogP contribution in [0.2, 0.25) is 0 Å². The molecule has 0 aromatic carbocycles. The molecule has 1 aliphatic heterocycles. The number of hydrazine groups is 1. The molecule has 70 valence electrons. The Bertz CT molecular complexity index is 170. The molecule has 0 radical (unpaired) electrons. The Morgan fingerprint density at radius 1 is 1.58 bits per heavy atom. The monoisotopic (exact) mass is 191 g/mol. The second-order valence-corrected chi connectivity index (χ2v) is 3.07. The molecule has 0 saturated carbocycles. The SMILES string of the molecule is CC1(CNC(=S)NN)OCCO1. The molecule has 0 aromatic rings. The molecular formula is C6H13N3O2S. The maximum atomic E-state index is 5.32. The minimum absolute atomic E-state index is 0.385. The highest BCUT2D eigenvalue weighted by Gasteiger charge is 2.30. The Kier molecular flexibility index (Phi) is 3.21. The maximum absolute atomic E-state index is 5.32. The Balaban J connectivity index is 2.25. The second kappa shape index (κ2) is 3.99. The summed E-state index contributed by atoms with van der Waals surface area (Å²) in [6.07, 6.45) is 0. The van der Waals surface area contributed by atoms with Crippen LogP contribution in [0, 0.1) is 0 Å². The molecule has 1 rings (SSSR count). The number of ether oxygens (including phenoxy) is 2. The van der Waals surface area contributed by atoms with E-state index in [1.54, 1.807) is 0 Å². The highest BCUT2D eigenvalue weighted by molar-refractivity contribution is 7.80. The van der Waals surface area contributed by atoms with E-state index in [1.807, 2.05) is 6.92 Å². The van der Waals surface area contributed by atoms with Crippen molar-refractivity contribution < 1.29 is 9.47 Å². The first-order valence-corrected chi connectivity index (χ1v) is 4.09. The lowest BCUT2D eigenvalue weighted by molar-refractivity contribution is -0.135. The van der Waals surface area contributed by atoms with Gasteiger partial charge in [-0.05, 0) is 19.1 Å². The minimum atomic E-state index is -0.569. The third-order valence-corrected chi connectivity index (χ3v) is 1.86. The van der Waals surface area contributed by atoms with E-state index in [-0.39, 0.29) is 0 Å². The summed E-state index contributed by atoms with van der Waals surface area (Å²) in [4.78, 5) is 0. The summed E-state index contributed by atoms with van der Waals surface area (Å²) in [6, 6.07) is 0. The van der Waals surface area contributed by atoms with Crippen LogP contribution < -0.4 is 16.6 Å². The zero-order chi connectivity index (χ0) is 9.03. The van der Waals surface area contributed by atoms with Gasteiger partial charge in [-0.2, -0.15) is 0 Å². The lowest BCUT2D eigenvalue weighted by atomic mass is 10.3. The molecule has 0 aromatic heterocycles. The molecule has 0 atom stereocenters. The molecule has 0 bridgehead atoms. The number of nitrogens with one attached hydrogen (secondary N) is 2. The molecule has 0 unspecified atom stereocenters. The standard InChI is InChI=1S/C6H13N3O2S/c1-6(10-2-3-11-6)4-8-5(12)9-7/h2-4,7H2,1H3,(H2,8,9,12). The molecular weight excluding hydrogens is 178 g/mol. The first-order valence-electron chi connectivity index (χ1n) is 3.69. The van der Waals surface area contributed by atoms with Gasteiger partial charge in [0.15, 0.2) is 10.9 Å². The van der Waals surface area contributed by atoms with Gasteiger partial charge in [-0.15, -0.1) is 0 Å². The van der Waals surface area contributed by atoms with Crippen molar-refractivity contribution in [3.8, 4) is 0 Å². The smallest absolute Gasteiger partial charge is 0.183 e. The molecule has 6 heteroatoms. The summed E-state index contributed by atoms with van der Waals surface area (Å²) in [5, 5.41) is 3.24. The summed E-state index contributed by atoms with van der Waals surface area (Å²) < 4.78 is 10.6. The van der Waals surface area contributed by atoms with Gasteiger partial charge in [0, 0.05) is 0 Å². The van der Waals surface area contributed by atoms with Crippen molar-refractivity contribution in [2.45, 2.75) is 12.7 Å². The summed E-state index contributed by atoms with van der Waals surface area (Å²) in [5.74, 6) is 4.50. The largest absolute Gasteiger partial charge is 0.356 e.